The Bertz CT molecular complexity index is 599. The second kappa shape index (κ2) is 6.95. The Balaban J connectivity index is 2.17. The molecule has 2 heterocycles. The topological polar surface area (TPSA) is 92.4 Å². The lowest BCUT2D eigenvalue weighted by molar-refractivity contribution is -0.117. The van der Waals surface area contributed by atoms with Gasteiger partial charge in [0.25, 0.3) is 0 Å². The van der Waals surface area contributed by atoms with E-state index >= 15 is 0 Å². The number of rotatable bonds is 5. The molecule has 1 unspecified atom stereocenters. The number of carbonyl (C=O) groups excluding carboxylic acids is 3. The molecular formula is C14H19N3O4S. The fourth-order valence-corrected chi connectivity index (χ4v) is 3.09. The summed E-state index contributed by atoms with van der Waals surface area (Å²) in [6.07, 6.45) is 0.356. The molecule has 1 N–H and O–H groups in total. The van der Waals surface area contributed by atoms with Gasteiger partial charge in [-0.05, 0) is 19.8 Å². The monoisotopic (exact) mass is 325 g/mol. The molecule has 1 amide bonds. The maximum atomic E-state index is 12.2. The maximum absolute atomic E-state index is 12.2. The van der Waals surface area contributed by atoms with E-state index in [1.807, 2.05) is 0 Å². The lowest BCUT2D eigenvalue weighted by Gasteiger charge is -2.15. The van der Waals surface area contributed by atoms with E-state index < -0.39 is 5.97 Å². The molecule has 0 aliphatic carbocycles. The minimum Gasteiger partial charge on any atom is -0.462 e. The minimum atomic E-state index is -0.488. The van der Waals surface area contributed by atoms with Crippen LogP contribution in [0.3, 0.4) is 0 Å². The van der Waals surface area contributed by atoms with Gasteiger partial charge in [0.15, 0.2) is 10.9 Å². The van der Waals surface area contributed by atoms with Gasteiger partial charge in [-0.15, -0.1) is 0 Å². The third-order valence-corrected chi connectivity index (χ3v) is 4.44. The Morgan fingerprint density at radius 3 is 2.86 bits per heavy atom. The van der Waals surface area contributed by atoms with Crippen molar-refractivity contribution in [3.63, 3.8) is 0 Å². The molecule has 1 aromatic heterocycles. The highest BCUT2D eigenvalue weighted by molar-refractivity contribution is 8.13. The van der Waals surface area contributed by atoms with Crippen molar-refractivity contribution in [1.82, 2.24) is 10.2 Å². The van der Waals surface area contributed by atoms with Gasteiger partial charge in [-0.25, -0.2) is 4.79 Å². The van der Waals surface area contributed by atoms with Crippen LogP contribution in [0.15, 0.2) is 0 Å². The smallest absolute Gasteiger partial charge is 0.343 e. The van der Waals surface area contributed by atoms with Crippen LogP contribution in [-0.4, -0.2) is 46.1 Å². The Labute approximate surface area is 132 Å². The summed E-state index contributed by atoms with van der Waals surface area (Å²) in [6, 6.07) is 0. The fraction of sp³-hybridized carbons (Fsp3) is 0.571. The zero-order valence-corrected chi connectivity index (χ0v) is 13.7. The standard InChI is InChI=1S/C14H19N3O4S/c1-4-21-14(20)12-8(2)15-16-13(12)17-6-10(5-11(17)19)7-22-9(3)18/h10H,4-7H2,1-3H3,(H,15,16). The highest BCUT2D eigenvalue weighted by Gasteiger charge is 2.35. The molecule has 7 nitrogen and oxygen atoms in total. The molecule has 0 bridgehead atoms. The normalized spacial score (nSPS) is 17.9. The molecule has 1 fully saturated rings. The van der Waals surface area contributed by atoms with Crippen LogP contribution in [0.2, 0.25) is 0 Å². The van der Waals surface area contributed by atoms with Crippen LogP contribution in [0.5, 0.6) is 0 Å². The molecule has 1 aliphatic heterocycles. The van der Waals surface area contributed by atoms with Crippen LogP contribution in [0, 0.1) is 12.8 Å². The molecule has 2 rings (SSSR count). The molecule has 1 atom stereocenters. The molecule has 0 radical (unpaired) electrons. The van der Waals surface area contributed by atoms with Gasteiger partial charge in [0.05, 0.1) is 6.61 Å². The zero-order chi connectivity index (χ0) is 16.3. The average Bonchev–Trinajstić information content (AvgIpc) is 2.99. The number of aromatic amines is 1. The SMILES string of the molecule is CCOC(=O)c1c(N2CC(CSC(C)=O)CC2=O)n[nH]c1C. The third kappa shape index (κ3) is 3.49. The van der Waals surface area contributed by atoms with Crippen molar-refractivity contribution in [3.05, 3.63) is 11.3 Å². The number of nitrogens with zero attached hydrogens (tertiary/aromatic N) is 2. The second-order valence-electron chi connectivity index (χ2n) is 5.14. The lowest BCUT2D eigenvalue weighted by atomic mass is 10.1. The van der Waals surface area contributed by atoms with Crippen LogP contribution in [0.1, 0.15) is 36.3 Å². The highest BCUT2D eigenvalue weighted by atomic mass is 32.2. The van der Waals surface area contributed by atoms with Gasteiger partial charge in [-0.2, -0.15) is 5.10 Å². The molecule has 1 aromatic rings. The lowest BCUT2D eigenvalue weighted by Crippen LogP contribution is -2.27. The van der Waals surface area contributed by atoms with E-state index in [-0.39, 0.29) is 23.5 Å². The van der Waals surface area contributed by atoms with E-state index in [0.717, 1.165) is 0 Å². The van der Waals surface area contributed by atoms with Crippen LogP contribution >= 0.6 is 11.8 Å². The van der Waals surface area contributed by atoms with Gasteiger partial charge in [0.1, 0.15) is 5.56 Å². The number of hydrogen-bond acceptors (Lipinski definition) is 6. The first-order valence-electron chi connectivity index (χ1n) is 7.09. The van der Waals surface area contributed by atoms with Gasteiger partial charge in [-0.3, -0.25) is 19.6 Å². The van der Waals surface area contributed by atoms with Gasteiger partial charge < -0.3 is 4.74 Å². The molecular weight excluding hydrogens is 306 g/mol. The number of anilines is 1. The van der Waals surface area contributed by atoms with E-state index in [0.29, 0.717) is 35.8 Å². The van der Waals surface area contributed by atoms with E-state index in [1.165, 1.54) is 23.6 Å². The first-order valence-corrected chi connectivity index (χ1v) is 8.08. The van der Waals surface area contributed by atoms with Crippen LogP contribution < -0.4 is 4.90 Å². The highest BCUT2D eigenvalue weighted by Crippen LogP contribution is 2.30. The van der Waals surface area contributed by atoms with E-state index in [2.05, 4.69) is 10.2 Å². The summed E-state index contributed by atoms with van der Waals surface area (Å²) in [4.78, 5) is 36.8. The number of esters is 1. The van der Waals surface area contributed by atoms with Crippen molar-refractivity contribution in [2.45, 2.75) is 27.2 Å². The Morgan fingerprint density at radius 2 is 2.23 bits per heavy atom. The zero-order valence-electron chi connectivity index (χ0n) is 12.8. The summed E-state index contributed by atoms with van der Waals surface area (Å²) in [5, 5.41) is 6.86. The van der Waals surface area contributed by atoms with Crippen molar-refractivity contribution < 1.29 is 19.1 Å². The Morgan fingerprint density at radius 1 is 1.50 bits per heavy atom. The van der Waals surface area contributed by atoms with Crippen molar-refractivity contribution in [1.29, 1.82) is 0 Å². The summed E-state index contributed by atoms with van der Waals surface area (Å²) in [6.45, 7) is 5.66. The minimum absolute atomic E-state index is 0.0359. The Hall–Kier alpha value is -1.83. The van der Waals surface area contributed by atoms with Crippen molar-refractivity contribution in [3.8, 4) is 0 Å². The predicted molar refractivity (Wildman–Crippen MR) is 82.9 cm³/mol. The van der Waals surface area contributed by atoms with Crippen molar-refractivity contribution in [2.75, 3.05) is 23.8 Å². The van der Waals surface area contributed by atoms with E-state index in [1.54, 1.807) is 13.8 Å². The number of amides is 1. The van der Waals surface area contributed by atoms with Crippen LogP contribution in [0.4, 0.5) is 5.82 Å². The van der Waals surface area contributed by atoms with Gasteiger partial charge >= 0.3 is 5.97 Å². The van der Waals surface area contributed by atoms with E-state index in [9.17, 15) is 14.4 Å². The molecule has 22 heavy (non-hydrogen) atoms. The van der Waals surface area contributed by atoms with Crippen molar-refractivity contribution in [2.24, 2.45) is 5.92 Å². The molecule has 0 saturated carbocycles. The third-order valence-electron chi connectivity index (χ3n) is 3.39. The molecule has 1 saturated heterocycles. The summed E-state index contributed by atoms with van der Waals surface area (Å²) in [5.74, 6) is 0.407. The average molecular weight is 325 g/mol. The Kier molecular flexibility index (Phi) is 5.23. The molecule has 120 valence electrons. The fourth-order valence-electron chi connectivity index (χ4n) is 2.39. The number of hydrogen-bond donors (Lipinski definition) is 1. The molecule has 8 heteroatoms. The number of H-pyrrole nitrogens is 1. The molecule has 1 aliphatic rings. The first-order chi connectivity index (χ1) is 10.4. The maximum Gasteiger partial charge on any atom is 0.343 e. The largest absolute Gasteiger partial charge is 0.462 e. The van der Waals surface area contributed by atoms with Gasteiger partial charge in [0, 0.05) is 31.3 Å². The van der Waals surface area contributed by atoms with Crippen LogP contribution in [0.25, 0.3) is 0 Å². The second-order valence-corrected chi connectivity index (χ2v) is 6.34. The number of carbonyl (C=O) groups is 3. The summed E-state index contributed by atoms with van der Waals surface area (Å²) in [7, 11) is 0. The summed E-state index contributed by atoms with van der Waals surface area (Å²) < 4.78 is 5.02. The molecule has 0 spiro atoms. The summed E-state index contributed by atoms with van der Waals surface area (Å²) in [5.41, 5.74) is 0.873. The quantitative estimate of drug-likeness (QED) is 0.825. The van der Waals surface area contributed by atoms with Gasteiger partial charge in [0.2, 0.25) is 5.91 Å². The number of aryl methyl sites for hydroxylation is 1. The van der Waals surface area contributed by atoms with Crippen LogP contribution in [-0.2, 0) is 14.3 Å². The number of nitrogens with one attached hydrogen (secondary N) is 1. The van der Waals surface area contributed by atoms with Crippen molar-refractivity contribution >= 4 is 34.6 Å². The predicted octanol–water partition coefficient (Wildman–Crippen LogP) is 1.53. The number of ether oxygens (including phenoxy) is 1. The first kappa shape index (κ1) is 16.5. The van der Waals surface area contributed by atoms with E-state index in [4.69, 9.17) is 4.74 Å². The number of thioether (sulfide) groups is 1. The molecule has 0 aromatic carbocycles. The van der Waals surface area contributed by atoms with Gasteiger partial charge in [-0.1, -0.05) is 11.8 Å². The number of aromatic nitrogens is 2. The summed E-state index contributed by atoms with van der Waals surface area (Å²) >= 11 is 1.21.